The van der Waals surface area contributed by atoms with E-state index in [1.165, 1.54) is 0 Å². The maximum absolute atomic E-state index is 11.9. The van der Waals surface area contributed by atoms with Crippen molar-refractivity contribution >= 4 is 12.0 Å². The van der Waals surface area contributed by atoms with Gasteiger partial charge in [0.2, 0.25) is 0 Å². The fourth-order valence-electron chi connectivity index (χ4n) is 3.06. The van der Waals surface area contributed by atoms with Gasteiger partial charge >= 0.3 is 12.0 Å². The highest BCUT2D eigenvalue weighted by atomic mass is 16.5. The average Bonchev–Trinajstić information content (AvgIpc) is 2.32. The Labute approximate surface area is 119 Å². The summed E-state index contributed by atoms with van der Waals surface area (Å²) in [6, 6.07) is -0.222. The number of carbonyl (C=O) groups excluding carboxylic acids is 1. The Kier molecular flexibility index (Phi) is 3.95. The minimum atomic E-state index is -0.813. The Hall–Kier alpha value is -1.30. The van der Waals surface area contributed by atoms with E-state index in [1.54, 1.807) is 7.11 Å². The maximum Gasteiger partial charge on any atom is 0.315 e. The highest BCUT2D eigenvalue weighted by molar-refractivity contribution is 5.79. The third-order valence-electron chi connectivity index (χ3n) is 5.12. The number of nitrogens with one attached hydrogen (secondary N) is 2. The summed E-state index contributed by atoms with van der Waals surface area (Å²) in [4.78, 5) is 23.1. The first-order valence-electron chi connectivity index (χ1n) is 7.12. The molecule has 0 aromatic rings. The molecule has 2 rings (SSSR count). The molecule has 2 unspecified atom stereocenters. The Balaban J connectivity index is 1.78. The van der Waals surface area contributed by atoms with Crippen LogP contribution in [0.4, 0.5) is 4.79 Å². The van der Waals surface area contributed by atoms with Gasteiger partial charge in [-0.1, -0.05) is 20.3 Å². The zero-order valence-corrected chi connectivity index (χ0v) is 12.4. The molecule has 0 saturated heterocycles. The molecule has 0 aromatic heterocycles. The SMILES string of the molecule is COC1CC(NC(=O)NCC2(C(=O)O)CCC2)C1(C)C. The first-order chi connectivity index (χ1) is 9.32. The number of methoxy groups -OCH3 is 1. The second-order valence-electron chi connectivity index (χ2n) is 6.60. The number of carboxylic acid groups (broad SMARTS) is 1. The van der Waals surface area contributed by atoms with Crippen LogP contribution in [-0.4, -0.2) is 42.9 Å². The normalized spacial score (nSPS) is 29.8. The molecule has 3 N–H and O–H groups in total. The van der Waals surface area contributed by atoms with E-state index < -0.39 is 11.4 Å². The quantitative estimate of drug-likeness (QED) is 0.711. The van der Waals surface area contributed by atoms with E-state index in [0.29, 0.717) is 12.8 Å². The van der Waals surface area contributed by atoms with Gasteiger partial charge < -0.3 is 20.5 Å². The summed E-state index contributed by atoms with van der Waals surface area (Å²) in [5.74, 6) is -0.813. The van der Waals surface area contributed by atoms with Crippen molar-refractivity contribution in [3.05, 3.63) is 0 Å². The van der Waals surface area contributed by atoms with Gasteiger partial charge in [0.15, 0.2) is 0 Å². The lowest BCUT2D eigenvalue weighted by atomic mass is 9.64. The first kappa shape index (κ1) is 15.1. The van der Waals surface area contributed by atoms with Crippen LogP contribution in [0.15, 0.2) is 0 Å². The number of rotatable bonds is 5. The van der Waals surface area contributed by atoms with Crippen LogP contribution in [0, 0.1) is 10.8 Å². The summed E-state index contributed by atoms with van der Waals surface area (Å²) in [5.41, 5.74) is -0.839. The largest absolute Gasteiger partial charge is 0.481 e. The summed E-state index contributed by atoms with van der Waals surface area (Å²) in [6.07, 6.45) is 3.15. The average molecular weight is 284 g/mol. The molecular formula is C14H24N2O4. The van der Waals surface area contributed by atoms with Crippen molar-refractivity contribution < 1.29 is 19.4 Å². The van der Waals surface area contributed by atoms with Gasteiger partial charge in [0.05, 0.1) is 11.5 Å². The van der Waals surface area contributed by atoms with Crippen molar-refractivity contribution in [2.75, 3.05) is 13.7 Å². The number of urea groups is 1. The predicted octanol–water partition coefficient (Wildman–Crippen LogP) is 1.35. The van der Waals surface area contributed by atoms with Crippen molar-refractivity contribution in [3.63, 3.8) is 0 Å². The van der Waals surface area contributed by atoms with Crippen LogP contribution in [0.1, 0.15) is 39.5 Å². The second-order valence-corrected chi connectivity index (χ2v) is 6.60. The second kappa shape index (κ2) is 5.24. The van der Waals surface area contributed by atoms with Gasteiger partial charge in [-0.3, -0.25) is 4.79 Å². The summed E-state index contributed by atoms with van der Waals surface area (Å²) < 4.78 is 5.34. The van der Waals surface area contributed by atoms with E-state index in [9.17, 15) is 14.7 Å². The van der Waals surface area contributed by atoms with Gasteiger partial charge in [-0.15, -0.1) is 0 Å². The maximum atomic E-state index is 11.9. The highest BCUT2D eigenvalue weighted by Crippen LogP contribution is 2.42. The molecule has 20 heavy (non-hydrogen) atoms. The van der Waals surface area contributed by atoms with Crippen molar-refractivity contribution in [1.29, 1.82) is 0 Å². The van der Waals surface area contributed by atoms with Crippen molar-refractivity contribution in [2.45, 2.75) is 51.7 Å². The molecule has 2 atom stereocenters. The molecule has 2 amide bonds. The number of hydrogen-bond acceptors (Lipinski definition) is 3. The zero-order valence-electron chi connectivity index (χ0n) is 12.4. The third kappa shape index (κ3) is 2.49. The summed E-state index contributed by atoms with van der Waals surface area (Å²) in [7, 11) is 1.68. The van der Waals surface area contributed by atoms with Crippen LogP contribution in [0.25, 0.3) is 0 Å². The standard InChI is InChI=1S/C14H24N2O4/c1-13(2)9(7-10(13)20-3)16-12(19)15-8-14(11(17)18)5-4-6-14/h9-10H,4-8H2,1-3H3,(H,17,18)(H2,15,16,19). The van der Waals surface area contributed by atoms with Crippen LogP contribution in [0.2, 0.25) is 0 Å². The van der Waals surface area contributed by atoms with E-state index in [4.69, 9.17) is 4.74 Å². The first-order valence-corrected chi connectivity index (χ1v) is 7.12. The summed E-state index contributed by atoms with van der Waals surface area (Å²) in [6.45, 7) is 4.32. The van der Waals surface area contributed by atoms with E-state index >= 15 is 0 Å². The predicted molar refractivity (Wildman–Crippen MR) is 73.4 cm³/mol. The number of carboxylic acids is 1. The summed E-state index contributed by atoms with van der Waals surface area (Å²) >= 11 is 0. The topological polar surface area (TPSA) is 87.7 Å². The molecule has 6 nitrogen and oxygen atoms in total. The number of aliphatic carboxylic acids is 1. The minimum absolute atomic E-state index is 0.0645. The van der Waals surface area contributed by atoms with Gasteiger partial charge in [0, 0.05) is 25.1 Å². The highest BCUT2D eigenvalue weighted by Gasteiger charge is 2.49. The lowest BCUT2D eigenvalue weighted by Gasteiger charge is -2.51. The smallest absolute Gasteiger partial charge is 0.315 e. The molecule has 0 aromatic carbocycles. The molecule has 0 aliphatic heterocycles. The fourth-order valence-corrected chi connectivity index (χ4v) is 3.06. The van der Waals surface area contributed by atoms with Crippen LogP contribution in [0.3, 0.4) is 0 Å². The molecule has 2 aliphatic carbocycles. The molecule has 0 bridgehead atoms. The van der Waals surface area contributed by atoms with Gasteiger partial charge in [-0.25, -0.2) is 4.79 Å². The Bertz CT molecular complexity index is 404. The molecule has 0 heterocycles. The van der Waals surface area contributed by atoms with E-state index in [1.807, 2.05) is 0 Å². The van der Waals surface area contributed by atoms with E-state index in [0.717, 1.165) is 12.8 Å². The van der Waals surface area contributed by atoms with Gasteiger partial charge in [0.25, 0.3) is 0 Å². The van der Waals surface area contributed by atoms with Crippen LogP contribution in [0.5, 0.6) is 0 Å². The molecule has 2 fully saturated rings. The Morgan fingerprint density at radius 2 is 2.00 bits per heavy atom. The van der Waals surface area contributed by atoms with Crippen LogP contribution in [-0.2, 0) is 9.53 Å². The molecule has 6 heteroatoms. The molecule has 0 spiro atoms. The monoisotopic (exact) mass is 284 g/mol. The Morgan fingerprint density at radius 1 is 1.35 bits per heavy atom. The molecular weight excluding hydrogens is 260 g/mol. The lowest BCUT2D eigenvalue weighted by molar-refractivity contribution is -0.153. The van der Waals surface area contributed by atoms with E-state index in [-0.39, 0.29) is 30.1 Å². The van der Waals surface area contributed by atoms with Crippen LogP contribution >= 0.6 is 0 Å². The van der Waals surface area contributed by atoms with Crippen molar-refractivity contribution in [2.24, 2.45) is 10.8 Å². The Morgan fingerprint density at radius 3 is 2.40 bits per heavy atom. The molecule has 2 aliphatic rings. The fraction of sp³-hybridized carbons (Fsp3) is 0.857. The minimum Gasteiger partial charge on any atom is -0.481 e. The van der Waals surface area contributed by atoms with Gasteiger partial charge in [0.1, 0.15) is 0 Å². The number of carbonyl (C=O) groups is 2. The van der Waals surface area contributed by atoms with Gasteiger partial charge in [-0.2, -0.15) is 0 Å². The zero-order chi connectivity index (χ0) is 15.0. The van der Waals surface area contributed by atoms with Crippen LogP contribution < -0.4 is 10.6 Å². The van der Waals surface area contributed by atoms with Gasteiger partial charge in [-0.05, 0) is 19.3 Å². The van der Waals surface area contributed by atoms with Crippen molar-refractivity contribution in [3.8, 4) is 0 Å². The number of amides is 2. The number of hydrogen-bond donors (Lipinski definition) is 3. The summed E-state index contributed by atoms with van der Waals surface area (Å²) in [5, 5.41) is 14.8. The lowest BCUT2D eigenvalue weighted by Crippen LogP contribution is -2.63. The molecule has 2 saturated carbocycles. The number of ether oxygens (including phenoxy) is 1. The molecule has 0 radical (unpaired) electrons. The molecule has 114 valence electrons. The van der Waals surface area contributed by atoms with E-state index in [2.05, 4.69) is 24.5 Å². The van der Waals surface area contributed by atoms with Crippen molar-refractivity contribution in [1.82, 2.24) is 10.6 Å². The third-order valence-corrected chi connectivity index (χ3v) is 5.12.